The minimum absolute atomic E-state index is 0.0129. The van der Waals surface area contributed by atoms with Crippen LogP contribution in [0, 0.1) is 26.7 Å². The minimum Gasteiger partial charge on any atom is -0.337 e. The third kappa shape index (κ3) is 4.63. The number of piperidine rings is 1. The van der Waals surface area contributed by atoms with E-state index in [1.165, 1.54) is 6.20 Å². The Morgan fingerprint density at radius 1 is 0.968 bits per heavy atom. The number of aromatic nitrogens is 4. The van der Waals surface area contributed by atoms with Gasteiger partial charge in [-0.3, -0.25) is 14.6 Å². The van der Waals surface area contributed by atoms with E-state index in [2.05, 4.69) is 20.4 Å². The van der Waals surface area contributed by atoms with Crippen LogP contribution in [0.25, 0.3) is 5.69 Å². The van der Waals surface area contributed by atoms with Crippen molar-refractivity contribution in [2.24, 2.45) is 5.92 Å². The van der Waals surface area contributed by atoms with Crippen molar-refractivity contribution in [3.63, 3.8) is 0 Å². The van der Waals surface area contributed by atoms with E-state index in [0.717, 1.165) is 28.5 Å². The van der Waals surface area contributed by atoms with Crippen LogP contribution in [0.3, 0.4) is 0 Å². The molecule has 2 aromatic heterocycles. The second kappa shape index (κ2) is 8.67. The molecule has 2 amide bonds. The molecular formula is C23H26N6O2. The summed E-state index contributed by atoms with van der Waals surface area (Å²) in [5, 5.41) is 7.48. The number of likely N-dealkylation sites (tertiary alicyclic amines) is 1. The van der Waals surface area contributed by atoms with E-state index in [-0.39, 0.29) is 17.7 Å². The van der Waals surface area contributed by atoms with Crippen LogP contribution in [0.4, 0.5) is 5.69 Å². The quantitative estimate of drug-likeness (QED) is 0.703. The summed E-state index contributed by atoms with van der Waals surface area (Å²) in [5.74, 6) is -0.268. The molecule has 0 atom stereocenters. The van der Waals surface area contributed by atoms with E-state index in [4.69, 9.17) is 0 Å². The van der Waals surface area contributed by atoms with Crippen molar-refractivity contribution in [2.75, 3.05) is 18.4 Å². The zero-order valence-electron chi connectivity index (χ0n) is 18.0. The van der Waals surface area contributed by atoms with Crippen molar-refractivity contribution < 1.29 is 9.59 Å². The van der Waals surface area contributed by atoms with Gasteiger partial charge in [0.2, 0.25) is 5.91 Å². The fourth-order valence-corrected chi connectivity index (χ4v) is 3.83. The predicted octanol–water partition coefficient (Wildman–Crippen LogP) is 3.08. The molecule has 1 aliphatic heterocycles. The summed E-state index contributed by atoms with van der Waals surface area (Å²) >= 11 is 0. The standard InChI is InChI=1S/C23H26N6O2/c1-15-12-17(3)29(27-15)20-6-4-19(5-7-20)26-22(30)18-8-10-28(11-9-18)23(31)21-14-24-16(2)13-25-21/h4-7,12-14,18H,8-11H2,1-3H3,(H,26,30). The molecule has 3 aromatic rings. The summed E-state index contributed by atoms with van der Waals surface area (Å²) in [7, 11) is 0. The largest absolute Gasteiger partial charge is 0.337 e. The minimum atomic E-state index is -0.133. The lowest BCUT2D eigenvalue weighted by Gasteiger charge is -2.31. The predicted molar refractivity (Wildman–Crippen MR) is 117 cm³/mol. The van der Waals surface area contributed by atoms with Gasteiger partial charge in [0.15, 0.2) is 0 Å². The molecule has 8 nitrogen and oxygen atoms in total. The van der Waals surface area contributed by atoms with Crippen LogP contribution >= 0.6 is 0 Å². The first kappa shape index (κ1) is 20.7. The second-order valence-electron chi connectivity index (χ2n) is 7.98. The Hall–Kier alpha value is -3.55. The first-order valence-corrected chi connectivity index (χ1v) is 10.4. The maximum Gasteiger partial charge on any atom is 0.274 e. The van der Waals surface area contributed by atoms with Crippen LogP contribution in [0.1, 0.15) is 40.4 Å². The highest BCUT2D eigenvalue weighted by atomic mass is 16.2. The first-order valence-electron chi connectivity index (χ1n) is 10.4. The lowest BCUT2D eigenvalue weighted by molar-refractivity contribution is -0.121. The van der Waals surface area contributed by atoms with Crippen molar-refractivity contribution >= 4 is 17.5 Å². The van der Waals surface area contributed by atoms with Gasteiger partial charge in [-0.25, -0.2) is 9.67 Å². The maximum absolute atomic E-state index is 12.7. The normalized spacial score (nSPS) is 14.5. The topological polar surface area (TPSA) is 93.0 Å². The first-order chi connectivity index (χ1) is 14.9. The van der Waals surface area contributed by atoms with Gasteiger partial charge in [0.05, 0.1) is 23.3 Å². The Balaban J connectivity index is 1.32. The average molecular weight is 419 g/mol. The molecule has 1 aromatic carbocycles. The van der Waals surface area contributed by atoms with Crippen molar-refractivity contribution in [1.29, 1.82) is 0 Å². The molecular weight excluding hydrogens is 392 g/mol. The number of nitrogens with one attached hydrogen (secondary N) is 1. The zero-order chi connectivity index (χ0) is 22.0. The van der Waals surface area contributed by atoms with Crippen LogP contribution < -0.4 is 5.32 Å². The van der Waals surface area contributed by atoms with E-state index in [1.807, 2.05) is 55.8 Å². The van der Waals surface area contributed by atoms with Gasteiger partial charge in [0.25, 0.3) is 5.91 Å². The van der Waals surface area contributed by atoms with Gasteiger partial charge in [-0.1, -0.05) is 0 Å². The highest BCUT2D eigenvalue weighted by Crippen LogP contribution is 2.22. The Bertz CT molecular complexity index is 1080. The Morgan fingerprint density at radius 3 is 2.26 bits per heavy atom. The van der Waals surface area contributed by atoms with Gasteiger partial charge in [-0.2, -0.15) is 5.10 Å². The smallest absolute Gasteiger partial charge is 0.274 e. The van der Waals surface area contributed by atoms with E-state index < -0.39 is 0 Å². The molecule has 160 valence electrons. The zero-order valence-corrected chi connectivity index (χ0v) is 18.0. The van der Waals surface area contributed by atoms with Gasteiger partial charge in [0.1, 0.15) is 5.69 Å². The lowest BCUT2D eigenvalue weighted by atomic mass is 9.95. The Labute approximate surface area is 181 Å². The molecule has 8 heteroatoms. The van der Waals surface area contributed by atoms with E-state index in [1.54, 1.807) is 11.1 Å². The Kier molecular flexibility index (Phi) is 5.79. The summed E-state index contributed by atoms with van der Waals surface area (Å²) in [6.45, 7) is 6.87. The molecule has 31 heavy (non-hydrogen) atoms. The molecule has 4 rings (SSSR count). The molecule has 1 fully saturated rings. The summed E-state index contributed by atoms with van der Waals surface area (Å²) in [5.41, 5.74) is 4.85. The fraction of sp³-hybridized carbons (Fsp3) is 0.348. The van der Waals surface area contributed by atoms with Gasteiger partial charge in [-0.05, 0) is 63.9 Å². The van der Waals surface area contributed by atoms with Gasteiger partial charge in [0, 0.05) is 36.6 Å². The maximum atomic E-state index is 12.7. The van der Waals surface area contributed by atoms with Crippen LogP contribution in [0.2, 0.25) is 0 Å². The van der Waals surface area contributed by atoms with Crippen molar-refractivity contribution in [3.8, 4) is 5.69 Å². The lowest BCUT2D eigenvalue weighted by Crippen LogP contribution is -2.41. The third-order valence-electron chi connectivity index (χ3n) is 5.54. The molecule has 0 unspecified atom stereocenters. The monoisotopic (exact) mass is 418 g/mol. The van der Waals surface area contributed by atoms with Crippen LogP contribution in [0.15, 0.2) is 42.7 Å². The summed E-state index contributed by atoms with van der Waals surface area (Å²) in [6.07, 6.45) is 4.35. The number of rotatable bonds is 4. The van der Waals surface area contributed by atoms with Crippen LogP contribution in [-0.4, -0.2) is 49.6 Å². The summed E-state index contributed by atoms with van der Waals surface area (Å²) in [4.78, 5) is 35.3. The number of nitrogens with zero attached hydrogens (tertiary/aromatic N) is 5. The average Bonchev–Trinajstić information content (AvgIpc) is 3.12. The number of hydrogen-bond acceptors (Lipinski definition) is 5. The molecule has 1 N–H and O–H groups in total. The molecule has 0 bridgehead atoms. The molecule has 0 aliphatic carbocycles. The molecule has 0 radical (unpaired) electrons. The Morgan fingerprint density at radius 2 is 1.68 bits per heavy atom. The van der Waals surface area contributed by atoms with E-state index in [9.17, 15) is 9.59 Å². The van der Waals surface area contributed by atoms with E-state index in [0.29, 0.717) is 31.6 Å². The van der Waals surface area contributed by atoms with E-state index >= 15 is 0 Å². The van der Waals surface area contributed by atoms with Crippen molar-refractivity contribution in [2.45, 2.75) is 33.6 Å². The molecule has 0 spiro atoms. The number of carbonyl (C=O) groups excluding carboxylic acids is 2. The van der Waals surface area contributed by atoms with Gasteiger partial charge >= 0.3 is 0 Å². The number of benzene rings is 1. The van der Waals surface area contributed by atoms with Crippen molar-refractivity contribution in [1.82, 2.24) is 24.6 Å². The summed E-state index contributed by atoms with van der Waals surface area (Å²) < 4.78 is 1.88. The van der Waals surface area contributed by atoms with Gasteiger partial charge in [-0.15, -0.1) is 0 Å². The molecule has 1 aliphatic rings. The molecule has 1 saturated heterocycles. The highest BCUT2D eigenvalue weighted by Gasteiger charge is 2.28. The number of hydrogen-bond donors (Lipinski definition) is 1. The van der Waals surface area contributed by atoms with Gasteiger partial charge < -0.3 is 10.2 Å². The van der Waals surface area contributed by atoms with Crippen molar-refractivity contribution in [3.05, 3.63) is 65.5 Å². The molecule has 3 heterocycles. The SMILES string of the molecule is Cc1cnc(C(=O)N2CCC(C(=O)Nc3ccc(-n4nc(C)cc4C)cc3)CC2)cn1. The highest BCUT2D eigenvalue weighted by molar-refractivity contribution is 5.94. The van der Waals surface area contributed by atoms with Crippen LogP contribution in [-0.2, 0) is 4.79 Å². The number of carbonyl (C=O) groups is 2. The molecule has 0 saturated carbocycles. The number of aryl methyl sites for hydroxylation is 3. The fourth-order valence-electron chi connectivity index (χ4n) is 3.83. The van der Waals surface area contributed by atoms with Crippen LogP contribution in [0.5, 0.6) is 0 Å². The third-order valence-corrected chi connectivity index (χ3v) is 5.54. The number of anilines is 1. The number of amides is 2. The second-order valence-corrected chi connectivity index (χ2v) is 7.98. The summed E-state index contributed by atoms with van der Waals surface area (Å²) in [6, 6.07) is 9.69.